The molecular formula is C18H23N3O4. The van der Waals surface area contributed by atoms with E-state index in [1.165, 1.54) is 0 Å². The zero-order chi connectivity index (χ0) is 18.0. The maximum absolute atomic E-state index is 13.0. The van der Waals surface area contributed by atoms with Gasteiger partial charge in [0, 0.05) is 18.2 Å². The molecule has 0 radical (unpaired) electrons. The zero-order valence-corrected chi connectivity index (χ0v) is 14.0. The molecule has 1 saturated carbocycles. The Labute approximate surface area is 146 Å². The van der Waals surface area contributed by atoms with Gasteiger partial charge in [0.15, 0.2) is 0 Å². The molecule has 25 heavy (non-hydrogen) atoms. The minimum atomic E-state index is -0.926. The quantitative estimate of drug-likeness (QED) is 0.771. The summed E-state index contributed by atoms with van der Waals surface area (Å²) in [4.78, 5) is 37.0. The summed E-state index contributed by atoms with van der Waals surface area (Å²) < 4.78 is 0. The smallest absolute Gasteiger partial charge is 0.326 e. The summed E-state index contributed by atoms with van der Waals surface area (Å²) >= 11 is 0. The number of likely N-dealkylation sites (tertiary alicyclic amines) is 1. The van der Waals surface area contributed by atoms with Crippen LogP contribution in [0.2, 0.25) is 0 Å². The SMILES string of the molecule is NC(=O)NCc1ccc(C(=O)N2[C@H](C(=O)O)C[C@@H]3CCCC[C@@H]32)cc1. The number of rotatable bonds is 4. The molecule has 1 saturated heterocycles. The van der Waals surface area contributed by atoms with Gasteiger partial charge in [0.05, 0.1) is 0 Å². The van der Waals surface area contributed by atoms with Crippen molar-refractivity contribution in [3.05, 3.63) is 35.4 Å². The van der Waals surface area contributed by atoms with Gasteiger partial charge in [-0.2, -0.15) is 0 Å². The van der Waals surface area contributed by atoms with E-state index in [4.69, 9.17) is 5.73 Å². The molecule has 0 spiro atoms. The number of fused-ring (bicyclic) bond motifs is 1. The summed E-state index contributed by atoms with van der Waals surface area (Å²) in [7, 11) is 0. The van der Waals surface area contributed by atoms with Gasteiger partial charge in [-0.1, -0.05) is 25.0 Å². The topological polar surface area (TPSA) is 113 Å². The van der Waals surface area contributed by atoms with Crippen LogP contribution < -0.4 is 11.1 Å². The van der Waals surface area contributed by atoms with Gasteiger partial charge >= 0.3 is 12.0 Å². The van der Waals surface area contributed by atoms with Crippen molar-refractivity contribution in [1.82, 2.24) is 10.2 Å². The van der Waals surface area contributed by atoms with E-state index in [-0.39, 0.29) is 24.4 Å². The lowest BCUT2D eigenvalue weighted by Crippen LogP contribution is -2.46. The second kappa shape index (κ2) is 7.13. The van der Waals surface area contributed by atoms with E-state index in [0.717, 1.165) is 31.2 Å². The fourth-order valence-corrected chi connectivity index (χ4v) is 4.08. The van der Waals surface area contributed by atoms with Crippen molar-refractivity contribution in [1.29, 1.82) is 0 Å². The van der Waals surface area contributed by atoms with Crippen LogP contribution >= 0.6 is 0 Å². The third-order valence-corrected chi connectivity index (χ3v) is 5.28. The maximum Gasteiger partial charge on any atom is 0.326 e. The van der Waals surface area contributed by atoms with Crippen LogP contribution in [0.15, 0.2) is 24.3 Å². The third kappa shape index (κ3) is 3.60. The predicted octanol–water partition coefficient (Wildman–Crippen LogP) is 1.71. The first-order valence-corrected chi connectivity index (χ1v) is 8.65. The van der Waals surface area contributed by atoms with Gasteiger partial charge in [0.2, 0.25) is 0 Å². The normalized spacial score (nSPS) is 25.3. The molecule has 7 nitrogen and oxygen atoms in total. The lowest BCUT2D eigenvalue weighted by molar-refractivity contribution is -0.141. The number of nitrogens with zero attached hydrogens (tertiary/aromatic N) is 1. The van der Waals surface area contributed by atoms with Crippen LogP contribution in [0, 0.1) is 5.92 Å². The van der Waals surface area contributed by atoms with Crippen molar-refractivity contribution in [2.45, 2.75) is 50.7 Å². The van der Waals surface area contributed by atoms with Crippen LogP contribution in [0.25, 0.3) is 0 Å². The summed E-state index contributed by atoms with van der Waals surface area (Å²) in [6.45, 7) is 0.288. The van der Waals surface area contributed by atoms with Crippen molar-refractivity contribution >= 4 is 17.9 Å². The predicted molar refractivity (Wildman–Crippen MR) is 90.8 cm³/mol. The summed E-state index contributed by atoms with van der Waals surface area (Å²) in [5, 5.41) is 12.0. The number of carbonyl (C=O) groups is 3. The average molecular weight is 345 g/mol. The van der Waals surface area contributed by atoms with Crippen LogP contribution in [-0.2, 0) is 11.3 Å². The molecular weight excluding hydrogens is 322 g/mol. The van der Waals surface area contributed by atoms with Crippen molar-refractivity contribution in [2.75, 3.05) is 0 Å². The highest BCUT2D eigenvalue weighted by Crippen LogP contribution is 2.40. The van der Waals surface area contributed by atoms with Crippen LogP contribution in [0.3, 0.4) is 0 Å². The summed E-state index contributed by atoms with van der Waals surface area (Å²) in [5.74, 6) is -0.862. The number of urea groups is 1. The molecule has 1 aromatic rings. The van der Waals surface area contributed by atoms with E-state index in [9.17, 15) is 19.5 Å². The Balaban J connectivity index is 1.78. The Kier molecular flexibility index (Phi) is 4.92. The van der Waals surface area contributed by atoms with Crippen molar-refractivity contribution in [3.8, 4) is 0 Å². The molecule has 2 aliphatic rings. The largest absolute Gasteiger partial charge is 0.480 e. The van der Waals surface area contributed by atoms with Crippen LogP contribution in [0.1, 0.15) is 48.0 Å². The monoisotopic (exact) mass is 345 g/mol. The van der Waals surface area contributed by atoms with E-state index in [1.54, 1.807) is 29.2 Å². The van der Waals surface area contributed by atoms with Gasteiger partial charge in [-0.15, -0.1) is 0 Å². The summed E-state index contributed by atoms with van der Waals surface area (Å²) in [6.07, 6.45) is 4.56. The molecule has 7 heteroatoms. The minimum absolute atomic E-state index is 0.0264. The van der Waals surface area contributed by atoms with E-state index < -0.39 is 18.0 Å². The lowest BCUT2D eigenvalue weighted by atomic mass is 9.84. The molecule has 1 aliphatic carbocycles. The molecule has 1 aliphatic heterocycles. The third-order valence-electron chi connectivity index (χ3n) is 5.28. The first-order valence-electron chi connectivity index (χ1n) is 8.65. The van der Waals surface area contributed by atoms with Gasteiger partial charge in [-0.3, -0.25) is 4.79 Å². The molecule has 134 valence electrons. The molecule has 3 rings (SSSR count). The van der Waals surface area contributed by atoms with Gasteiger partial charge in [0.1, 0.15) is 6.04 Å². The standard InChI is InChI=1S/C18H23N3O4/c19-18(25)20-10-11-5-7-12(8-6-11)16(22)21-14-4-2-1-3-13(14)9-15(21)17(23)24/h5-8,13-15H,1-4,9-10H2,(H,23,24)(H3,19,20,25)/t13-,14-,15-/m0/s1. The molecule has 3 amide bonds. The molecule has 3 atom stereocenters. The van der Waals surface area contributed by atoms with Crippen molar-refractivity contribution in [3.63, 3.8) is 0 Å². The Bertz CT molecular complexity index is 673. The van der Waals surface area contributed by atoms with Gasteiger partial charge in [-0.25, -0.2) is 9.59 Å². The zero-order valence-electron chi connectivity index (χ0n) is 14.0. The fourth-order valence-electron chi connectivity index (χ4n) is 4.08. The Morgan fingerprint density at radius 3 is 2.48 bits per heavy atom. The van der Waals surface area contributed by atoms with E-state index in [2.05, 4.69) is 5.32 Å². The van der Waals surface area contributed by atoms with E-state index >= 15 is 0 Å². The van der Waals surface area contributed by atoms with Gasteiger partial charge in [0.25, 0.3) is 5.91 Å². The number of benzene rings is 1. The number of aliphatic carboxylic acids is 1. The average Bonchev–Trinajstić information content (AvgIpc) is 2.99. The van der Waals surface area contributed by atoms with Gasteiger partial charge < -0.3 is 21.1 Å². The molecule has 2 fully saturated rings. The summed E-state index contributed by atoms with van der Waals surface area (Å²) in [5.41, 5.74) is 6.33. The first-order chi connectivity index (χ1) is 12.0. The molecule has 0 bridgehead atoms. The van der Waals surface area contributed by atoms with Crippen LogP contribution in [-0.4, -0.2) is 40.0 Å². The highest BCUT2D eigenvalue weighted by molar-refractivity contribution is 5.97. The number of carboxylic acid groups (broad SMARTS) is 1. The first kappa shape index (κ1) is 17.3. The number of nitrogens with two attached hydrogens (primary N) is 1. The molecule has 4 N–H and O–H groups in total. The Hall–Kier alpha value is -2.57. The lowest BCUT2D eigenvalue weighted by Gasteiger charge is -2.33. The van der Waals surface area contributed by atoms with E-state index in [0.29, 0.717) is 12.0 Å². The van der Waals surface area contributed by atoms with Crippen molar-refractivity contribution < 1.29 is 19.5 Å². The number of primary amides is 1. The second-order valence-electron chi connectivity index (χ2n) is 6.83. The number of carbonyl (C=O) groups excluding carboxylic acids is 2. The minimum Gasteiger partial charge on any atom is -0.480 e. The molecule has 1 aromatic carbocycles. The fraction of sp³-hybridized carbons (Fsp3) is 0.500. The van der Waals surface area contributed by atoms with Crippen LogP contribution in [0.4, 0.5) is 4.79 Å². The Morgan fingerprint density at radius 2 is 1.84 bits per heavy atom. The highest BCUT2D eigenvalue weighted by atomic mass is 16.4. The maximum atomic E-state index is 13.0. The van der Waals surface area contributed by atoms with E-state index in [1.807, 2.05) is 0 Å². The Morgan fingerprint density at radius 1 is 1.16 bits per heavy atom. The number of carboxylic acids is 1. The number of amides is 3. The molecule has 0 aromatic heterocycles. The second-order valence-corrected chi connectivity index (χ2v) is 6.83. The summed E-state index contributed by atoms with van der Waals surface area (Å²) in [6, 6.07) is 5.52. The number of hydrogen-bond acceptors (Lipinski definition) is 3. The number of hydrogen-bond donors (Lipinski definition) is 3. The molecule has 0 unspecified atom stereocenters. The highest BCUT2D eigenvalue weighted by Gasteiger charge is 2.47. The van der Waals surface area contributed by atoms with Crippen LogP contribution in [0.5, 0.6) is 0 Å². The molecule has 1 heterocycles. The van der Waals surface area contributed by atoms with Gasteiger partial charge in [-0.05, 0) is 42.9 Å². The number of nitrogens with one attached hydrogen (secondary N) is 1. The van der Waals surface area contributed by atoms with Crippen molar-refractivity contribution in [2.24, 2.45) is 11.7 Å².